The summed E-state index contributed by atoms with van der Waals surface area (Å²) >= 11 is 0. The normalized spacial score (nSPS) is 15.1. The zero-order valence-electron chi connectivity index (χ0n) is 11.6. The molecule has 1 aliphatic rings. The summed E-state index contributed by atoms with van der Waals surface area (Å²) in [4.78, 5) is 25.7. The lowest BCUT2D eigenvalue weighted by Gasteiger charge is -2.35. The Kier molecular flexibility index (Phi) is 3.60. The molecule has 0 atom stereocenters. The number of hydrogen-bond acceptors (Lipinski definition) is 4. The average Bonchev–Trinajstić information content (AvgIpc) is 2.41. The Morgan fingerprint density at radius 3 is 2.74 bits per heavy atom. The molecule has 0 saturated heterocycles. The predicted octanol–water partition coefficient (Wildman–Crippen LogP) is 2.28. The highest BCUT2D eigenvalue weighted by Crippen LogP contribution is 2.30. The van der Waals surface area contributed by atoms with Crippen LogP contribution in [0.5, 0.6) is 0 Å². The first kappa shape index (κ1) is 13.6. The zero-order chi connectivity index (χ0) is 14.0. The fraction of sp³-hybridized carbons (Fsp3) is 0.467. The third kappa shape index (κ3) is 2.62. The number of ketones is 1. The van der Waals surface area contributed by atoms with Crippen molar-refractivity contribution in [1.82, 2.24) is 0 Å². The molecular formula is C15H19NO3. The number of ether oxygens (including phenoxy) is 1. The number of para-hydroxylation sites is 1. The Bertz CT molecular complexity index is 508. The molecule has 1 aliphatic heterocycles. The zero-order valence-corrected chi connectivity index (χ0v) is 11.6. The minimum Gasteiger partial charge on any atom is -0.469 e. The van der Waals surface area contributed by atoms with Crippen LogP contribution in [0.1, 0.15) is 30.6 Å². The number of rotatable bonds is 3. The number of fused-ring (bicyclic) bond motifs is 1. The number of carbonyl (C=O) groups is 2. The van der Waals surface area contributed by atoms with Crippen LogP contribution >= 0.6 is 0 Å². The van der Waals surface area contributed by atoms with Gasteiger partial charge in [0.05, 0.1) is 12.5 Å². The maximum absolute atomic E-state index is 11.9. The van der Waals surface area contributed by atoms with Crippen molar-refractivity contribution in [3.63, 3.8) is 0 Å². The molecule has 1 aromatic carbocycles. The van der Waals surface area contributed by atoms with Crippen LogP contribution in [0.25, 0.3) is 0 Å². The third-order valence-electron chi connectivity index (χ3n) is 3.48. The van der Waals surface area contributed by atoms with Crippen LogP contribution in [0.3, 0.4) is 0 Å². The number of hydrogen-bond donors (Lipinski definition) is 0. The fourth-order valence-corrected chi connectivity index (χ4v) is 2.46. The topological polar surface area (TPSA) is 46.6 Å². The maximum atomic E-state index is 11.9. The Morgan fingerprint density at radius 2 is 2.05 bits per heavy atom. The van der Waals surface area contributed by atoms with Crippen molar-refractivity contribution >= 4 is 17.4 Å². The van der Waals surface area contributed by atoms with E-state index >= 15 is 0 Å². The summed E-state index contributed by atoms with van der Waals surface area (Å²) < 4.78 is 4.83. The van der Waals surface area contributed by atoms with Crippen molar-refractivity contribution < 1.29 is 14.3 Å². The van der Waals surface area contributed by atoms with Crippen molar-refractivity contribution in [2.24, 2.45) is 5.41 Å². The van der Waals surface area contributed by atoms with E-state index in [-0.39, 0.29) is 11.8 Å². The van der Waals surface area contributed by atoms with Crippen molar-refractivity contribution in [2.75, 3.05) is 25.1 Å². The van der Waals surface area contributed by atoms with E-state index in [1.807, 2.05) is 38.1 Å². The smallest absolute Gasteiger partial charge is 0.313 e. The molecule has 0 bridgehead atoms. The van der Waals surface area contributed by atoms with Crippen molar-refractivity contribution in [3.8, 4) is 0 Å². The van der Waals surface area contributed by atoms with E-state index in [0.717, 1.165) is 11.3 Å². The molecular weight excluding hydrogens is 242 g/mol. The molecule has 0 unspecified atom stereocenters. The highest BCUT2D eigenvalue weighted by molar-refractivity contribution is 6.03. The van der Waals surface area contributed by atoms with Gasteiger partial charge in [-0.2, -0.15) is 0 Å². The van der Waals surface area contributed by atoms with Gasteiger partial charge in [0, 0.05) is 30.8 Å². The SMILES string of the molecule is COC(=O)C(C)(C)CN1CCC(=O)c2ccccc21. The fourth-order valence-electron chi connectivity index (χ4n) is 2.46. The Balaban J connectivity index is 2.26. The Hall–Kier alpha value is -1.84. The van der Waals surface area contributed by atoms with Gasteiger partial charge >= 0.3 is 5.97 Å². The molecule has 0 spiro atoms. The van der Waals surface area contributed by atoms with E-state index in [1.165, 1.54) is 7.11 Å². The van der Waals surface area contributed by atoms with Crippen molar-refractivity contribution in [2.45, 2.75) is 20.3 Å². The summed E-state index contributed by atoms with van der Waals surface area (Å²) in [5.41, 5.74) is 1.06. The number of nitrogens with zero attached hydrogens (tertiary/aromatic N) is 1. The van der Waals surface area contributed by atoms with Crippen LogP contribution in [-0.4, -0.2) is 32.0 Å². The van der Waals surface area contributed by atoms with Gasteiger partial charge in [0.2, 0.25) is 0 Å². The number of anilines is 1. The molecule has 2 rings (SSSR count). The lowest BCUT2D eigenvalue weighted by Crippen LogP contribution is -2.43. The van der Waals surface area contributed by atoms with Gasteiger partial charge in [0.1, 0.15) is 0 Å². The molecule has 0 N–H and O–H groups in total. The molecule has 4 nitrogen and oxygen atoms in total. The molecule has 0 saturated carbocycles. The molecule has 0 aromatic heterocycles. The summed E-state index contributed by atoms with van der Waals surface area (Å²) in [6.45, 7) is 4.91. The van der Waals surface area contributed by atoms with Gasteiger partial charge in [0.25, 0.3) is 0 Å². The summed E-state index contributed by atoms with van der Waals surface area (Å²) in [6, 6.07) is 7.55. The van der Waals surface area contributed by atoms with E-state index in [9.17, 15) is 9.59 Å². The standard InChI is InChI=1S/C15H19NO3/c1-15(2,14(18)19-3)10-16-9-8-13(17)11-6-4-5-7-12(11)16/h4-7H,8-10H2,1-3H3. The quantitative estimate of drug-likeness (QED) is 0.783. The monoisotopic (exact) mass is 261 g/mol. The van der Waals surface area contributed by atoms with E-state index in [1.54, 1.807) is 0 Å². The maximum Gasteiger partial charge on any atom is 0.313 e. The minimum atomic E-state index is -0.595. The summed E-state index contributed by atoms with van der Waals surface area (Å²) in [5, 5.41) is 0. The Labute approximate surface area is 113 Å². The van der Waals surface area contributed by atoms with Crippen molar-refractivity contribution in [1.29, 1.82) is 0 Å². The van der Waals surface area contributed by atoms with Crippen LogP contribution < -0.4 is 4.90 Å². The first-order chi connectivity index (χ1) is 8.95. The molecule has 102 valence electrons. The number of carbonyl (C=O) groups excluding carboxylic acids is 2. The minimum absolute atomic E-state index is 0.169. The predicted molar refractivity (Wildman–Crippen MR) is 73.4 cm³/mol. The van der Waals surface area contributed by atoms with Crippen LogP contribution in [0.2, 0.25) is 0 Å². The van der Waals surface area contributed by atoms with Gasteiger partial charge in [-0.15, -0.1) is 0 Å². The van der Waals surface area contributed by atoms with Crippen LogP contribution in [0.15, 0.2) is 24.3 Å². The third-order valence-corrected chi connectivity index (χ3v) is 3.48. The summed E-state index contributed by atoms with van der Waals surface area (Å²) in [5.74, 6) is -0.0652. The lowest BCUT2D eigenvalue weighted by molar-refractivity contribution is -0.150. The van der Waals surface area contributed by atoms with Crippen LogP contribution in [0, 0.1) is 5.41 Å². The molecule has 4 heteroatoms. The largest absolute Gasteiger partial charge is 0.469 e. The second kappa shape index (κ2) is 5.03. The van der Waals surface area contributed by atoms with E-state index < -0.39 is 5.41 Å². The second-order valence-corrected chi connectivity index (χ2v) is 5.49. The van der Waals surface area contributed by atoms with Crippen molar-refractivity contribution in [3.05, 3.63) is 29.8 Å². The Morgan fingerprint density at radius 1 is 1.37 bits per heavy atom. The van der Waals surface area contributed by atoms with Gasteiger partial charge < -0.3 is 9.64 Å². The summed E-state index contributed by atoms with van der Waals surface area (Å²) in [6.07, 6.45) is 0.494. The number of esters is 1. The first-order valence-electron chi connectivity index (χ1n) is 6.41. The van der Waals surface area contributed by atoms with E-state index in [2.05, 4.69) is 4.90 Å². The van der Waals surface area contributed by atoms with Gasteiger partial charge in [-0.25, -0.2) is 0 Å². The van der Waals surface area contributed by atoms with Gasteiger partial charge in [-0.1, -0.05) is 12.1 Å². The lowest BCUT2D eigenvalue weighted by atomic mass is 9.90. The molecule has 1 aromatic rings. The van der Waals surface area contributed by atoms with Gasteiger partial charge in [-0.05, 0) is 26.0 Å². The van der Waals surface area contributed by atoms with Gasteiger partial charge in [-0.3, -0.25) is 9.59 Å². The molecule has 19 heavy (non-hydrogen) atoms. The highest BCUT2D eigenvalue weighted by atomic mass is 16.5. The van der Waals surface area contributed by atoms with Gasteiger partial charge in [0.15, 0.2) is 5.78 Å². The number of benzene rings is 1. The average molecular weight is 261 g/mol. The second-order valence-electron chi connectivity index (χ2n) is 5.49. The number of Topliss-reactive ketones (excluding diaryl/α,β-unsaturated/α-hetero) is 1. The molecule has 0 fully saturated rings. The van der Waals surface area contributed by atoms with Crippen LogP contribution in [-0.2, 0) is 9.53 Å². The van der Waals surface area contributed by atoms with Crippen LogP contribution in [0.4, 0.5) is 5.69 Å². The molecule has 1 heterocycles. The number of methoxy groups -OCH3 is 1. The molecule has 0 radical (unpaired) electrons. The summed E-state index contributed by atoms with van der Waals surface area (Å²) in [7, 11) is 1.40. The molecule has 0 amide bonds. The highest BCUT2D eigenvalue weighted by Gasteiger charge is 2.33. The van der Waals surface area contributed by atoms with E-state index in [0.29, 0.717) is 19.5 Å². The molecule has 0 aliphatic carbocycles. The van der Waals surface area contributed by atoms with E-state index in [4.69, 9.17) is 4.74 Å². The first-order valence-corrected chi connectivity index (χ1v) is 6.41.